The molecular weight excluding hydrogens is 276 g/mol. The monoisotopic (exact) mass is 296 g/mol. The highest BCUT2D eigenvalue weighted by atomic mass is 16.5. The number of aromatic nitrogens is 1. The van der Waals surface area contributed by atoms with Crippen molar-refractivity contribution in [2.45, 2.75) is 31.3 Å². The minimum Gasteiger partial charge on any atom is -0.493 e. The van der Waals surface area contributed by atoms with Crippen molar-refractivity contribution in [3.05, 3.63) is 52.8 Å². The van der Waals surface area contributed by atoms with Gasteiger partial charge in [-0.2, -0.15) is 0 Å². The molecule has 0 fully saturated rings. The van der Waals surface area contributed by atoms with E-state index in [1.54, 1.807) is 14.2 Å². The number of benzene rings is 1. The molecule has 1 N–H and O–H groups in total. The van der Waals surface area contributed by atoms with E-state index in [1.807, 2.05) is 12.3 Å². The summed E-state index contributed by atoms with van der Waals surface area (Å²) in [4.78, 5) is 4.54. The van der Waals surface area contributed by atoms with Crippen molar-refractivity contribution in [3.63, 3.8) is 0 Å². The van der Waals surface area contributed by atoms with Crippen molar-refractivity contribution < 1.29 is 9.47 Å². The number of pyridine rings is 1. The van der Waals surface area contributed by atoms with Crippen LogP contribution in [0.5, 0.6) is 11.5 Å². The first kappa shape index (κ1) is 13.6. The van der Waals surface area contributed by atoms with Crippen LogP contribution in [0, 0.1) is 0 Å². The van der Waals surface area contributed by atoms with E-state index in [-0.39, 0.29) is 0 Å². The van der Waals surface area contributed by atoms with E-state index in [1.165, 1.54) is 16.7 Å². The molecule has 22 heavy (non-hydrogen) atoms. The van der Waals surface area contributed by atoms with Crippen LogP contribution in [-0.4, -0.2) is 25.2 Å². The molecule has 0 amide bonds. The Balaban J connectivity index is 1.89. The van der Waals surface area contributed by atoms with Crippen LogP contribution in [0.1, 0.15) is 34.7 Å². The van der Waals surface area contributed by atoms with Gasteiger partial charge >= 0.3 is 0 Å². The van der Waals surface area contributed by atoms with Gasteiger partial charge in [0.15, 0.2) is 11.5 Å². The lowest BCUT2D eigenvalue weighted by Gasteiger charge is -2.39. The summed E-state index contributed by atoms with van der Waals surface area (Å²) in [5, 5.41) is 3.65. The average molecular weight is 296 g/mol. The van der Waals surface area contributed by atoms with Crippen molar-refractivity contribution in [1.29, 1.82) is 0 Å². The van der Waals surface area contributed by atoms with Crippen molar-refractivity contribution in [3.8, 4) is 11.5 Å². The average Bonchev–Trinajstić information content (AvgIpc) is 2.59. The van der Waals surface area contributed by atoms with E-state index < -0.39 is 0 Å². The molecule has 4 heteroatoms. The van der Waals surface area contributed by atoms with E-state index >= 15 is 0 Å². The van der Waals surface area contributed by atoms with Crippen molar-refractivity contribution in [2.24, 2.45) is 0 Å². The highest BCUT2D eigenvalue weighted by molar-refractivity contribution is 5.53. The number of nitrogens with one attached hydrogen (secondary N) is 1. The van der Waals surface area contributed by atoms with Gasteiger partial charge in [-0.25, -0.2) is 0 Å². The molecule has 0 radical (unpaired) electrons. The standard InChI is InChI=1S/C18H20N2O2/c1-21-16-8-11-5-6-14-18(13(11)9-17(16)22-2)12-4-3-7-19-15(12)10-20-14/h3-4,7-9,14,18,20H,5-6,10H2,1-2H3/t14-,18-/m0/s1. The minimum atomic E-state index is 0.348. The fourth-order valence-corrected chi connectivity index (χ4v) is 3.85. The molecule has 1 aromatic heterocycles. The Morgan fingerprint density at radius 1 is 1.14 bits per heavy atom. The summed E-state index contributed by atoms with van der Waals surface area (Å²) in [5.74, 6) is 1.97. The maximum Gasteiger partial charge on any atom is 0.161 e. The van der Waals surface area contributed by atoms with Crippen LogP contribution in [0.2, 0.25) is 0 Å². The summed E-state index contributed by atoms with van der Waals surface area (Å²) < 4.78 is 11.0. The molecule has 0 bridgehead atoms. The largest absolute Gasteiger partial charge is 0.493 e. The molecule has 1 aromatic carbocycles. The van der Waals surface area contributed by atoms with Gasteiger partial charge in [0.05, 0.1) is 19.9 Å². The number of hydrogen-bond donors (Lipinski definition) is 1. The van der Waals surface area contributed by atoms with Gasteiger partial charge in [-0.1, -0.05) is 6.07 Å². The first-order chi connectivity index (χ1) is 10.8. The molecule has 0 unspecified atom stereocenters. The second-order valence-corrected chi connectivity index (χ2v) is 5.95. The zero-order valence-corrected chi connectivity index (χ0v) is 12.9. The van der Waals surface area contributed by atoms with Gasteiger partial charge < -0.3 is 14.8 Å². The van der Waals surface area contributed by atoms with Gasteiger partial charge in [-0.3, -0.25) is 4.98 Å². The number of hydrogen-bond acceptors (Lipinski definition) is 4. The van der Waals surface area contributed by atoms with Crippen LogP contribution in [0.4, 0.5) is 0 Å². The number of rotatable bonds is 2. The second-order valence-electron chi connectivity index (χ2n) is 5.95. The zero-order valence-electron chi connectivity index (χ0n) is 12.9. The third-order valence-corrected chi connectivity index (χ3v) is 4.90. The van der Waals surface area contributed by atoms with E-state index in [0.29, 0.717) is 12.0 Å². The number of methoxy groups -OCH3 is 2. The second kappa shape index (κ2) is 5.29. The number of fused-ring (bicyclic) bond motifs is 5. The summed E-state index contributed by atoms with van der Waals surface area (Å²) in [5.41, 5.74) is 5.21. The summed E-state index contributed by atoms with van der Waals surface area (Å²) in [6, 6.07) is 9.01. The molecule has 1 aliphatic heterocycles. The summed E-state index contributed by atoms with van der Waals surface area (Å²) in [6.07, 6.45) is 4.08. The maximum atomic E-state index is 5.51. The molecule has 2 heterocycles. The first-order valence-corrected chi connectivity index (χ1v) is 7.73. The summed E-state index contributed by atoms with van der Waals surface area (Å²) in [6.45, 7) is 0.861. The van der Waals surface area contributed by atoms with Gasteiger partial charge in [0.2, 0.25) is 0 Å². The fourth-order valence-electron chi connectivity index (χ4n) is 3.85. The van der Waals surface area contributed by atoms with Gasteiger partial charge in [-0.05, 0) is 47.7 Å². The normalized spacial score (nSPS) is 22.3. The predicted molar refractivity (Wildman–Crippen MR) is 84.6 cm³/mol. The molecule has 2 atom stereocenters. The number of nitrogens with zero attached hydrogens (tertiary/aromatic N) is 1. The topological polar surface area (TPSA) is 43.4 Å². The molecule has 2 aromatic rings. The summed E-state index contributed by atoms with van der Waals surface area (Å²) in [7, 11) is 3.39. The Hall–Kier alpha value is -2.07. The molecule has 4 rings (SSSR count). The molecular formula is C18H20N2O2. The molecule has 1 aliphatic carbocycles. The number of ether oxygens (including phenoxy) is 2. The van der Waals surface area contributed by atoms with Crippen LogP contribution in [0.3, 0.4) is 0 Å². The Labute approximate surface area is 130 Å². The molecule has 0 saturated carbocycles. The lowest BCUT2D eigenvalue weighted by Crippen LogP contribution is -2.43. The zero-order chi connectivity index (χ0) is 15.1. The van der Waals surface area contributed by atoms with Crippen molar-refractivity contribution >= 4 is 0 Å². The van der Waals surface area contributed by atoms with Gasteiger partial charge in [-0.15, -0.1) is 0 Å². The van der Waals surface area contributed by atoms with Gasteiger partial charge in [0, 0.05) is 24.7 Å². The minimum absolute atomic E-state index is 0.348. The van der Waals surface area contributed by atoms with Gasteiger partial charge in [0.1, 0.15) is 0 Å². The van der Waals surface area contributed by atoms with Crippen LogP contribution >= 0.6 is 0 Å². The number of aryl methyl sites for hydroxylation is 1. The SMILES string of the molecule is COc1cc2c(cc1OC)[C@@H]1c3cccnc3CN[C@H]1CC2. The van der Waals surface area contributed by atoms with Crippen molar-refractivity contribution in [1.82, 2.24) is 10.3 Å². The lowest BCUT2D eigenvalue weighted by atomic mass is 9.73. The highest BCUT2D eigenvalue weighted by Crippen LogP contribution is 2.44. The van der Waals surface area contributed by atoms with E-state index in [0.717, 1.165) is 36.6 Å². The van der Waals surface area contributed by atoms with E-state index in [9.17, 15) is 0 Å². The Bertz CT molecular complexity index is 714. The third kappa shape index (κ3) is 1.98. The van der Waals surface area contributed by atoms with Crippen LogP contribution < -0.4 is 14.8 Å². The predicted octanol–water partition coefficient (Wildman–Crippen LogP) is 2.65. The third-order valence-electron chi connectivity index (χ3n) is 4.90. The molecule has 114 valence electrons. The van der Waals surface area contributed by atoms with E-state index in [4.69, 9.17) is 9.47 Å². The van der Waals surface area contributed by atoms with Gasteiger partial charge in [0.25, 0.3) is 0 Å². The fraction of sp³-hybridized carbons (Fsp3) is 0.389. The molecule has 4 nitrogen and oxygen atoms in total. The molecule has 0 spiro atoms. The maximum absolute atomic E-state index is 5.51. The van der Waals surface area contributed by atoms with Crippen LogP contribution in [-0.2, 0) is 13.0 Å². The Morgan fingerprint density at radius 3 is 2.77 bits per heavy atom. The molecule has 0 saturated heterocycles. The summed E-state index contributed by atoms with van der Waals surface area (Å²) >= 11 is 0. The highest BCUT2D eigenvalue weighted by Gasteiger charge is 2.36. The quantitative estimate of drug-likeness (QED) is 0.925. The lowest BCUT2D eigenvalue weighted by molar-refractivity contribution is 0.348. The Kier molecular flexibility index (Phi) is 3.26. The molecule has 2 aliphatic rings. The smallest absolute Gasteiger partial charge is 0.161 e. The van der Waals surface area contributed by atoms with Crippen LogP contribution in [0.15, 0.2) is 30.5 Å². The van der Waals surface area contributed by atoms with E-state index in [2.05, 4.69) is 28.5 Å². The Morgan fingerprint density at radius 2 is 1.95 bits per heavy atom. The van der Waals surface area contributed by atoms with Crippen LogP contribution in [0.25, 0.3) is 0 Å². The van der Waals surface area contributed by atoms with Crippen molar-refractivity contribution in [2.75, 3.05) is 14.2 Å². The first-order valence-electron chi connectivity index (χ1n) is 7.73.